The average molecular weight is 250 g/mol. The minimum absolute atomic E-state index is 0.0362. The monoisotopic (exact) mass is 250 g/mol. The third-order valence-electron chi connectivity index (χ3n) is 3.22. The van der Waals surface area contributed by atoms with Crippen molar-refractivity contribution in [2.24, 2.45) is 0 Å². The minimum atomic E-state index is -0.413. The van der Waals surface area contributed by atoms with Crippen LogP contribution in [0.5, 0.6) is 0 Å². The molecule has 2 rings (SSSR count). The number of aryl methyl sites for hydroxylation is 1. The Morgan fingerprint density at radius 2 is 2.33 bits per heavy atom. The SMILES string of the molecule is CCn1cc(N)cc1C(=O)NC1CCN(C)C1=O. The molecule has 0 aliphatic carbocycles. The fourth-order valence-corrected chi connectivity index (χ4v) is 2.17. The lowest BCUT2D eigenvalue weighted by molar-refractivity contribution is -0.128. The van der Waals surface area contributed by atoms with E-state index in [4.69, 9.17) is 5.73 Å². The molecule has 2 amide bonds. The average Bonchev–Trinajstić information content (AvgIpc) is 2.86. The van der Waals surface area contributed by atoms with E-state index in [9.17, 15) is 9.59 Å². The van der Waals surface area contributed by atoms with Gasteiger partial charge < -0.3 is 20.5 Å². The first-order valence-electron chi connectivity index (χ1n) is 6.04. The van der Waals surface area contributed by atoms with Gasteiger partial charge in [-0.25, -0.2) is 0 Å². The van der Waals surface area contributed by atoms with Gasteiger partial charge in [-0.15, -0.1) is 0 Å². The van der Waals surface area contributed by atoms with E-state index in [0.29, 0.717) is 30.9 Å². The van der Waals surface area contributed by atoms with Crippen molar-refractivity contribution < 1.29 is 9.59 Å². The van der Waals surface area contributed by atoms with E-state index >= 15 is 0 Å². The highest BCUT2D eigenvalue weighted by atomic mass is 16.2. The molecule has 0 saturated carbocycles. The van der Waals surface area contributed by atoms with Crippen LogP contribution in [0.15, 0.2) is 12.3 Å². The van der Waals surface area contributed by atoms with Crippen LogP contribution in [0.1, 0.15) is 23.8 Å². The van der Waals surface area contributed by atoms with E-state index in [1.807, 2.05) is 6.92 Å². The van der Waals surface area contributed by atoms with Crippen LogP contribution in [-0.4, -0.2) is 40.9 Å². The lowest BCUT2D eigenvalue weighted by atomic mass is 10.2. The molecule has 98 valence electrons. The number of carbonyl (C=O) groups is 2. The van der Waals surface area contributed by atoms with Crippen molar-refractivity contribution in [3.05, 3.63) is 18.0 Å². The lowest BCUT2D eigenvalue weighted by Crippen LogP contribution is -2.41. The summed E-state index contributed by atoms with van der Waals surface area (Å²) in [6.45, 7) is 3.28. The molecule has 0 radical (unpaired) electrons. The minimum Gasteiger partial charge on any atom is -0.397 e. The van der Waals surface area contributed by atoms with Crippen LogP contribution in [0.3, 0.4) is 0 Å². The highest BCUT2D eigenvalue weighted by Crippen LogP contribution is 2.13. The van der Waals surface area contributed by atoms with Crippen molar-refractivity contribution in [1.29, 1.82) is 0 Å². The van der Waals surface area contributed by atoms with E-state index in [0.717, 1.165) is 0 Å². The summed E-state index contributed by atoms with van der Waals surface area (Å²) >= 11 is 0. The number of nitrogens with two attached hydrogens (primary N) is 1. The van der Waals surface area contributed by atoms with Crippen molar-refractivity contribution in [3.63, 3.8) is 0 Å². The Balaban J connectivity index is 2.10. The maximum Gasteiger partial charge on any atom is 0.268 e. The van der Waals surface area contributed by atoms with Crippen molar-refractivity contribution in [2.75, 3.05) is 19.3 Å². The molecule has 1 fully saturated rings. The van der Waals surface area contributed by atoms with Gasteiger partial charge in [-0.2, -0.15) is 0 Å². The zero-order valence-electron chi connectivity index (χ0n) is 10.6. The number of hydrogen-bond acceptors (Lipinski definition) is 3. The van der Waals surface area contributed by atoms with Gasteiger partial charge in [0.25, 0.3) is 5.91 Å². The van der Waals surface area contributed by atoms with Gasteiger partial charge in [-0.3, -0.25) is 9.59 Å². The molecular weight excluding hydrogens is 232 g/mol. The first-order valence-corrected chi connectivity index (χ1v) is 6.04. The summed E-state index contributed by atoms with van der Waals surface area (Å²) in [4.78, 5) is 25.4. The van der Waals surface area contributed by atoms with Gasteiger partial charge >= 0.3 is 0 Å². The number of amides is 2. The fraction of sp³-hybridized carbons (Fsp3) is 0.500. The molecular formula is C12H18N4O2. The third-order valence-corrected chi connectivity index (χ3v) is 3.22. The van der Waals surface area contributed by atoms with Crippen molar-refractivity contribution >= 4 is 17.5 Å². The first kappa shape index (κ1) is 12.5. The van der Waals surface area contributed by atoms with Crippen LogP contribution in [0.4, 0.5) is 5.69 Å². The Hall–Kier alpha value is -1.98. The lowest BCUT2D eigenvalue weighted by Gasteiger charge is -2.13. The standard InChI is InChI=1S/C12H18N4O2/c1-3-16-7-8(13)6-10(16)11(17)14-9-4-5-15(2)12(9)18/h6-7,9H,3-5,13H2,1-2H3,(H,14,17). The number of carbonyl (C=O) groups excluding carboxylic acids is 2. The van der Waals surface area contributed by atoms with E-state index in [1.165, 1.54) is 0 Å². The third kappa shape index (κ3) is 2.18. The molecule has 3 N–H and O–H groups in total. The highest BCUT2D eigenvalue weighted by Gasteiger charge is 2.30. The summed E-state index contributed by atoms with van der Waals surface area (Å²) in [5.41, 5.74) is 6.72. The van der Waals surface area contributed by atoms with Crippen molar-refractivity contribution in [3.8, 4) is 0 Å². The summed E-state index contributed by atoms with van der Waals surface area (Å²) in [6, 6.07) is 1.21. The molecule has 1 aliphatic rings. The number of likely N-dealkylation sites (N-methyl/N-ethyl adjacent to an activating group) is 1. The zero-order valence-corrected chi connectivity index (χ0v) is 10.6. The molecule has 1 aromatic rings. The van der Waals surface area contributed by atoms with Crippen LogP contribution in [0, 0.1) is 0 Å². The number of nitrogens with zero attached hydrogens (tertiary/aromatic N) is 2. The molecule has 1 saturated heterocycles. The number of hydrogen-bond donors (Lipinski definition) is 2. The predicted molar refractivity (Wildman–Crippen MR) is 68.0 cm³/mol. The van der Waals surface area contributed by atoms with Gasteiger partial charge in [0.05, 0.1) is 5.69 Å². The highest BCUT2D eigenvalue weighted by molar-refractivity contribution is 5.97. The van der Waals surface area contributed by atoms with Gasteiger partial charge in [-0.05, 0) is 19.4 Å². The van der Waals surface area contributed by atoms with Crippen molar-refractivity contribution in [1.82, 2.24) is 14.8 Å². The van der Waals surface area contributed by atoms with Gasteiger partial charge in [0.2, 0.25) is 5.91 Å². The largest absolute Gasteiger partial charge is 0.397 e. The quantitative estimate of drug-likeness (QED) is 0.795. The zero-order chi connectivity index (χ0) is 13.3. The maximum atomic E-state index is 12.1. The molecule has 6 nitrogen and oxygen atoms in total. The molecule has 1 unspecified atom stereocenters. The number of anilines is 1. The summed E-state index contributed by atoms with van der Waals surface area (Å²) in [5.74, 6) is -0.284. The van der Waals surface area contributed by atoms with Gasteiger partial charge in [0, 0.05) is 26.3 Å². The summed E-state index contributed by atoms with van der Waals surface area (Å²) in [6.07, 6.45) is 2.38. The Kier molecular flexibility index (Phi) is 3.27. The molecule has 18 heavy (non-hydrogen) atoms. The molecule has 1 atom stereocenters. The predicted octanol–water partition coefficient (Wildman–Crippen LogP) is 0.0507. The number of aromatic nitrogens is 1. The van der Waals surface area contributed by atoms with E-state index < -0.39 is 6.04 Å². The Morgan fingerprint density at radius 1 is 1.61 bits per heavy atom. The second kappa shape index (κ2) is 4.72. The molecule has 1 aromatic heterocycles. The first-order chi connectivity index (χ1) is 8.52. The van der Waals surface area contributed by atoms with Crippen molar-refractivity contribution in [2.45, 2.75) is 25.9 Å². The number of nitrogen functional groups attached to an aromatic ring is 1. The Labute approximate surface area is 106 Å². The van der Waals surface area contributed by atoms with Crippen LogP contribution in [0.25, 0.3) is 0 Å². The molecule has 6 heteroatoms. The Morgan fingerprint density at radius 3 is 2.89 bits per heavy atom. The topological polar surface area (TPSA) is 80.4 Å². The van der Waals surface area contributed by atoms with E-state index in [2.05, 4.69) is 5.32 Å². The van der Waals surface area contributed by atoms with Crippen LogP contribution in [0.2, 0.25) is 0 Å². The van der Waals surface area contributed by atoms with Gasteiger partial charge in [0.1, 0.15) is 11.7 Å². The van der Waals surface area contributed by atoms with E-state index in [-0.39, 0.29) is 11.8 Å². The molecule has 2 heterocycles. The van der Waals surface area contributed by atoms with Gasteiger partial charge in [-0.1, -0.05) is 0 Å². The normalized spacial score (nSPS) is 19.3. The number of likely N-dealkylation sites (tertiary alicyclic amines) is 1. The second-order valence-electron chi connectivity index (χ2n) is 4.52. The number of nitrogens with one attached hydrogen (secondary N) is 1. The summed E-state index contributed by atoms with van der Waals surface area (Å²) in [5, 5.41) is 2.76. The Bertz CT molecular complexity index is 480. The van der Waals surface area contributed by atoms with Crippen LogP contribution >= 0.6 is 0 Å². The summed E-state index contributed by atoms with van der Waals surface area (Å²) < 4.78 is 1.77. The van der Waals surface area contributed by atoms with E-state index in [1.54, 1.807) is 28.8 Å². The molecule has 0 aromatic carbocycles. The van der Waals surface area contributed by atoms with Crippen LogP contribution in [-0.2, 0) is 11.3 Å². The smallest absolute Gasteiger partial charge is 0.268 e. The summed E-state index contributed by atoms with van der Waals surface area (Å²) in [7, 11) is 1.74. The van der Waals surface area contributed by atoms with Crippen LogP contribution < -0.4 is 11.1 Å². The molecule has 0 spiro atoms. The fourth-order valence-electron chi connectivity index (χ4n) is 2.17. The van der Waals surface area contributed by atoms with Gasteiger partial charge in [0.15, 0.2) is 0 Å². The number of rotatable bonds is 3. The second-order valence-corrected chi connectivity index (χ2v) is 4.52. The maximum absolute atomic E-state index is 12.1. The molecule has 0 bridgehead atoms. The molecule has 1 aliphatic heterocycles.